The van der Waals surface area contributed by atoms with E-state index in [0.29, 0.717) is 0 Å². The normalized spacial score (nSPS) is 16.3. The second kappa shape index (κ2) is 3.96. The minimum absolute atomic E-state index is 0.357. The van der Waals surface area contributed by atoms with Crippen LogP contribution in [0, 0.1) is 18.3 Å². The number of aromatic nitrogens is 2. The number of halogens is 1. The summed E-state index contributed by atoms with van der Waals surface area (Å²) in [7, 11) is 0. The van der Waals surface area contributed by atoms with Crippen molar-refractivity contribution in [3.8, 4) is 17.3 Å². The Morgan fingerprint density at radius 2 is 2.11 bits per heavy atom. The molecule has 18 heavy (non-hydrogen) atoms. The number of hydrogen-bond acceptors (Lipinski definition) is 2. The topological polar surface area (TPSA) is 52.5 Å². The van der Waals surface area contributed by atoms with Crippen molar-refractivity contribution in [2.24, 2.45) is 0 Å². The minimum Gasteiger partial charge on any atom is -0.344 e. The zero-order chi connectivity index (χ0) is 12.8. The highest BCUT2D eigenvalue weighted by Crippen LogP contribution is 2.47. The van der Waals surface area contributed by atoms with Crippen LogP contribution in [0.5, 0.6) is 0 Å². The van der Waals surface area contributed by atoms with Crippen LogP contribution in [0.1, 0.15) is 24.4 Å². The van der Waals surface area contributed by atoms with Crippen LogP contribution in [0.3, 0.4) is 0 Å². The van der Waals surface area contributed by atoms with Gasteiger partial charge in [0, 0.05) is 15.7 Å². The number of H-pyrrole nitrogens is 1. The number of aryl methyl sites for hydroxylation is 1. The summed E-state index contributed by atoms with van der Waals surface area (Å²) in [5.74, 6) is 0.813. The third-order valence-corrected chi connectivity index (χ3v) is 4.12. The van der Waals surface area contributed by atoms with E-state index in [1.165, 1.54) is 0 Å². The van der Waals surface area contributed by atoms with Crippen LogP contribution in [0.2, 0.25) is 0 Å². The van der Waals surface area contributed by atoms with Gasteiger partial charge in [-0.3, -0.25) is 0 Å². The molecule has 0 amide bonds. The number of nitrogens with zero attached hydrogens (tertiary/aromatic N) is 2. The highest BCUT2D eigenvalue weighted by Gasteiger charge is 2.48. The molecule has 1 aliphatic rings. The maximum atomic E-state index is 9.22. The van der Waals surface area contributed by atoms with Gasteiger partial charge in [-0.1, -0.05) is 34.1 Å². The second-order valence-corrected chi connectivity index (χ2v) is 5.59. The lowest BCUT2D eigenvalue weighted by Gasteiger charge is -2.01. The highest BCUT2D eigenvalue weighted by atomic mass is 79.9. The molecule has 0 radical (unpaired) electrons. The maximum absolute atomic E-state index is 9.22. The van der Waals surface area contributed by atoms with Crippen LogP contribution in [0.15, 0.2) is 28.7 Å². The molecule has 0 saturated heterocycles. The fraction of sp³-hybridized carbons (Fsp3) is 0.286. The average molecular weight is 302 g/mol. The largest absolute Gasteiger partial charge is 0.344 e. The Morgan fingerprint density at radius 1 is 1.39 bits per heavy atom. The SMILES string of the molecule is Cc1[nH]c(C2(C#N)CC2)nc1-c1ccccc1Br. The Morgan fingerprint density at radius 3 is 2.72 bits per heavy atom. The number of imidazole rings is 1. The molecule has 3 nitrogen and oxygen atoms in total. The number of nitriles is 1. The van der Waals surface area contributed by atoms with Gasteiger partial charge in [0.2, 0.25) is 0 Å². The van der Waals surface area contributed by atoms with E-state index in [4.69, 9.17) is 0 Å². The van der Waals surface area contributed by atoms with Crippen molar-refractivity contribution in [1.82, 2.24) is 9.97 Å². The van der Waals surface area contributed by atoms with E-state index >= 15 is 0 Å². The zero-order valence-electron chi connectivity index (χ0n) is 10.00. The van der Waals surface area contributed by atoms with Crippen molar-refractivity contribution in [2.45, 2.75) is 25.2 Å². The molecule has 0 atom stereocenters. The highest BCUT2D eigenvalue weighted by molar-refractivity contribution is 9.10. The number of hydrogen-bond donors (Lipinski definition) is 1. The zero-order valence-corrected chi connectivity index (χ0v) is 11.6. The monoisotopic (exact) mass is 301 g/mol. The van der Waals surface area contributed by atoms with E-state index in [9.17, 15) is 5.26 Å². The Labute approximate surface area is 114 Å². The molecule has 0 unspecified atom stereocenters. The minimum atomic E-state index is -0.357. The fourth-order valence-electron chi connectivity index (χ4n) is 2.13. The number of aromatic amines is 1. The van der Waals surface area contributed by atoms with Crippen LogP contribution in [0.4, 0.5) is 0 Å². The van der Waals surface area contributed by atoms with Gasteiger partial charge in [-0.25, -0.2) is 4.98 Å². The van der Waals surface area contributed by atoms with E-state index < -0.39 is 0 Å². The smallest absolute Gasteiger partial charge is 0.127 e. The summed E-state index contributed by atoms with van der Waals surface area (Å²) in [6, 6.07) is 10.4. The first kappa shape index (κ1) is 11.5. The van der Waals surface area contributed by atoms with Crippen molar-refractivity contribution in [3.63, 3.8) is 0 Å². The van der Waals surface area contributed by atoms with E-state index in [0.717, 1.165) is 40.1 Å². The van der Waals surface area contributed by atoms with Gasteiger partial charge >= 0.3 is 0 Å². The van der Waals surface area contributed by atoms with Crippen LogP contribution in [-0.2, 0) is 5.41 Å². The summed E-state index contributed by atoms with van der Waals surface area (Å²) < 4.78 is 1.02. The first-order valence-electron chi connectivity index (χ1n) is 5.89. The Kier molecular flexibility index (Phi) is 2.53. The maximum Gasteiger partial charge on any atom is 0.127 e. The summed E-state index contributed by atoms with van der Waals surface area (Å²) in [5.41, 5.74) is 2.65. The molecular weight excluding hydrogens is 290 g/mol. The summed E-state index contributed by atoms with van der Waals surface area (Å²) in [5, 5.41) is 9.22. The van der Waals surface area contributed by atoms with Gasteiger partial charge in [0.1, 0.15) is 11.2 Å². The molecule has 0 aliphatic heterocycles. The van der Waals surface area contributed by atoms with Crippen molar-refractivity contribution < 1.29 is 0 Å². The van der Waals surface area contributed by atoms with Crippen LogP contribution >= 0.6 is 15.9 Å². The van der Waals surface area contributed by atoms with E-state index in [-0.39, 0.29) is 5.41 Å². The molecule has 1 aromatic carbocycles. The first-order valence-corrected chi connectivity index (χ1v) is 6.69. The van der Waals surface area contributed by atoms with E-state index in [1.54, 1.807) is 0 Å². The Hall–Kier alpha value is -1.60. The number of rotatable bonds is 2. The van der Waals surface area contributed by atoms with Gasteiger partial charge < -0.3 is 4.98 Å². The Bertz CT molecular complexity index is 647. The third-order valence-electron chi connectivity index (χ3n) is 3.43. The van der Waals surface area contributed by atoms with Crippen LogP contribution < -0.4 is 0 Å². The summed E-state index contributed by atoms with van der Waals surface area (Å²) in [6.07, 6.45) is 1.82. The Balaban J connectivity index is 2.10. The van der Waals surface area contributed by atoms with Crippen LogP contribution in [-0.4, -0.2) is 9.97 Å². The first-order chi connectivity index (χ1) is 8.66. The molecule has 1 heterocycles. The standard InChI is InChI=1S/C14H12BrN3/c1-9-12(10-4-2-3-5-11(10)15)18-13(17-9)14(8-16)6-7-14/h2-5H,6-7H2,1H3,(H,17,18). The van der Waals surface area contributed by atoms with E-state index in [1.807, 2.05) is 31.2 Å². The van der Waals surface area contributed by atoms with Gasteiger partial charge in [0.15, 0.2) is 0 Å². The van der Waals surface area contributed by atoms with Crippen molar-refractivity contribution >= 4 is 15.9 Å². The lowest BCUT2D eigenvalue weighted by atomic mass is 10.1. The molecule has 1 saturated carbocycles. The fourth-order valence-corrected chi connectivity index (χ4v) is 2.60. The van der Waals surface area contributed by atoms with Crippen LogP contribution in [0.25, 0.3) is 11.3 Å². The molecule has 0 bridgehead atoms. The van der Waals surface area contributed by atoms with Gasteiger partial charge in [-0.15, -0.1) is 0 Å². The lowest BCUT2D eigenvalue weighted by Crippen LogP contribution is -2.04. The molecule has 0 spiro atoms. The van der Waals surface area contributed by atoms with Crippen molar-refractivity contribution in [2.75, 3.05) is 0 Å². The average Bonchev–Trinajstić information content (AvgIpc) is 3.08. The summed E-state index contributed by atoms with van der Waals surface area (Å²) in [6.45, 7) is 2.00. The molecule has 3 rings (SSSR count). The third kappa shape index (κ3) is 1.67. The molecule has 1 N–H and O–H groups in total. The van der Waals surface area contributed by atoms with Gasteiger partial charge in [-0.05, 0) is 25.8 Å². The summed E-state index contributed by atoms with van der Waals surface area (Å²) in [4.78, 5) is 7.91. The van der Waals surface area contributed by atoms with Crippen molar-refractivity contribution in [1.29, 1.82) is 5.26 Å². The summed E-state index contributed by atoms with van der Waals surface area (Å²) >= 11 is 3.54. The lowest BCUT2D eigenvalue weighted by molar-refractivity contribution is 0.818. The molecule has 1 aliphatic carbocycles. The molecule has 4 heteroatoms. The molecule has 2 aromatic rings. The molecule has 1 aromatic heterocycles. The molecule has 1 fully saturated rings. The molecular formula is C14H12BrN3. The van der Waals surface area contributed by atoms with Crippen molar-refractivity contribution in [3.05, 3.63) is 40.3 Å². The van der Waals surface area contributed by atoms with Gasteiger partial charge in [-0.2, -0.15) is 5.26 Å². The molecule has 90 valence electrons. The van der Waals surface area contributed by atoms with E-state index in [2.05, 4.69) is 32.0 Å². The quantitative estimate of drug-likeness (QED) is 0.919. The second-order valence-electron chi connectivity index (χ2n) is 4.73. The predicted molar refractivity (Wildman–Crippen MR) is 73.0 cm³/mol. The number of benzene rings is 1. The van der Waals surface area contributed by atoms with Gasteiger partial charge in [0.25, 0.3) is 0 Å². The predicted octanol–water partition coefficient (Wildman–Crippen LogP) is 3.70. The van der Waals surface area contributed by atoms with Gasteiger partial charge in [0.05, 0.1) is 11.8 Å². The number of nitrogens with one attached hydrogen (secondary N) is 1.